The molecule has 3 aromatic rings. The highest BCUT2D eigenvalue weighted by atomic mass is 35.5. The summed E-state index contributed by atoms with van der Waals surface area (Å²) in [6, 6.07) is 19.3. The largest absolute Gasteiger partial charge is 0.379 e. The monoisotopic (exact) mass is 478 g/mol. The van der Waals surface area contributed by atoms with Crippen LogP contribution in [0.15, 0.2) is 60.7 Å². The summed E-state index contributed by atoms with van der Waals surface area (Å²) in [6.45, 7) is 6.49. The molecule has 2 fully saturated rings. The van der Waals surface area contributed by atoms with Crippen molar-refractivity contribution in [2.75, 3.05) is 45.9 Å². The first-order chi connectivity index (χ1) is 16.7. The van der Waals surface area contributed by atoms with Crippen LogP contribution in [-0.4, -0.2) is 71.4 Å². The van der Waals surface area contributed by atoms with E-state index >= 15 is 0 Å². The van der Waals surface area contributed by atoms with Gasteiger partial charge in [0.1, 0.15) is 5.69 Å². The molecule has 178 valence electrons. The van der Waals surface area contributed by atoms with E-state index < -0.39 is 0 Å². The topological polar surface area (TPSA) is 50.6 Å². The van der Waals surface area contributed by atoms with Gasteiger partial charge in [0.05, 0.1) is 24.6 Å². The van der Waals surface area contributed by atoms with Crippen molar-refractivity contribution < 1.29 is 9.53 Å². The average Bonchev–Trinajstić information content (AvgIpc) is 3.34. The Kier molecular flexibility index (Phi) is 7.28. The number of hydrogen-bond acceptors (Lipinski definition) is 4. The molecule has 3 heterocycles. The van der Waals surface area contributed by atoms with Crippen molar-refractivity contribution in [3.05, 3.63) is 71.4 Å². The number of aromatic nitrogens is 2. The van der Waals surface area contributed by atoms with E-state index in [1.165, 1.54) is 6.42 Å². The second kappa shape index (κ2) is 10.7. The van der Waals surface area contributed by atoms with Crippen LogP contribution in [0.1, 0.15) is 29.8 Å². The van der Waals surface area contributed by atoms with Crippen molar-refractivity contribution in [3.8, 4) is 16.9 Å². The molecule has 0 atom stereocenters. The van der Waals surface area contributed by atoms with Crippen molar-refractivity contribution in [2.45, 2.75) is 19.3 Å². The number of amides is 1. The van der Waals surface area contributed by atoms with Crippen LogP contribution in [0, 0.1) is 5.92 Å². The summed E-state index contributed by atoms with van der Waals surface area (Å²) < 4.78 is 7.23. The Bertz CT molecular complexity index is 1090. The standard InChI is InChI=1S/C27H31ClN4O2/c28-23-8-6-22(7-9-23)25-20-26(32(29-25)24-4-2-1-3-5-24)27(33)31-14-11-21(12-15-31)10-13-30-16-18-34-19-17-30/h1-9,20-21H,10-19H2. The van der Waals surface area contributed by atoms with E-state index in [4.69, 9.17) is 21.4 Å². The van der Waals surface area contributed by atoms with E-state index in [-0.39, 0.29) is 5.91 Å². The lowest BCUT2D eigenvalue weighted by Crippen LogP contribution is -2.41. The van der Waals surface area contributed by atoms with E-state index in [9.17, 15) is 4.79 Å². The lowest BCUT2D eigenvalue weighted by molar-refractivity contribution is 0.0331. The van der Waals surface area contributed by atoms with Crippen molar-refractivity contribution in [2.24, 2.45) is 5.92 Å². The summed E-state index contributed by atoms with van der Waals surface area (Å²) in [7, 11) is 0. The van der Waals surface area contributed by atoms with E-state index in [0.717, 1.165) is 75.7 Å². The molecular formula is C27H31ClN4O2. The van der Waals surface area contributed by atoms with Gasteiger partial charge < -0.3 is 9.64 Å². The number of benzene rings is 2. The van der Waals surface area contributed by atoms with Crippen LogP contribution >= 0.6 is 11.6 Å². The molecule has 7 heteroatoms. The van der Waals surface area contributed by atoms with Crippen LogP contribution in [-0.2, 0) is 4.74 Å². The van der Waals surface area contributed by atoms with Gasteiger partial charge in [-0.2, -0.15) is 5.10 Å². The molecule has 1 aromatic heterocycles. The molecule has 0 spiro atoms. The minimum Gasteiger partial charge on any atom is -0.379 e. The van der Waals surface area contributed by atoms with Gasteiger partial charge in [-0.3, -0.25) is 9.69 Å². The predicted octanol–water partition coefficient (Wildman–Crippen LogP) is 4.77. The third-order valence-corrected chi connectivity index (χ3v) is 7.18. The van der Waals surface area contributed by atoms with Gasteiger partial charge in [-0.15, -0.1) is 0 Å². The Morgan fingerprint density at radius 2 is 1.68 bits per heavy atom. The van der Waals surface area contributed by atoms with Crippen molar-refractivity contribution in [3.63, 3.8) is 0 Å². The summed E-state index contributed by atoms with van der Waals surface area (Å²) in [4.78, 5) is 18.1. The van der Waals surface area contributed by atoms with Gasteiger partial charge in [0, 0.05) is 36.8 Å². The Hall–Kier alpha value is -2.67. The van der Waals surface area contributed by atoms with Crippen molar-refractivity contribution >= 4 is 17.5 Å². The lowest BCUT2D eigenvalue weighted by atomic mass is 9.93. The molecule has 34 heavy (non-hydrogen) atoms. The number of likely N-dealkylation sites (tertiary alicyclic amines) is 1. The number of morpholine rings is 1. The molecule has 0 N–H and O–H groups in total. The normalized spacial score (nSPS) is 17.7. The highest BCUT2D eigenvalue weighted by Crippen LogP contribution is 2.27. The maximum Gasteiger partial charge on any atom is 0.272 e. The van der Waals surface area contributed by atoms with E-state index in [1.807, 2.05) is 65.6 Å². The van der Waals surface area contributed by atoms with Gasteiger partial charge in [-0.1, -0.05) is 41.9 Å². The predicted molar refractivity (Wildman–Crippen MR) is 135 cm³/mol. The third-order valence-electron chi connectivity index (χ3n) is 6.93. The van der Waals surface area contributed by atoms with E-state index in [0.29, 0.717) is 16.6 Å². The number of piperidine rings is 1. The number of rotatable bonds is 6. The van der Waals surface area contributed by atoms with Gasteiger partial charge in [0.2, 0.25) is 0 Å². The Balaban J connectivity index is 1.29. The maximum atomic E-state index is 13.6. The number of hydrogen-bond donors (Lipinski definition) is 0. The zero-order valence-electron chi connectivity index (χ0n) is 19.4. The minimum atomic E-state index is 0.0446. The summed E-state index contributed by atoms with van der Waals surface area (Å²) >= 11 is 6.07. The number of nitrogens with zero attached hydrogens (tertiary/aromatic N) is 4. The highest BCUT2D eigenvalue weighted by Gasteiger charge is 2.27. The average molecular weight is 479 g/mol. The molecule has 2 aromatic carbocycles. The lowest BCUT2D eigenvalue weighted by Gasteiger charge is -2.34. The summed E-state index contributed by atoms with van der Waals surface area (Å²) in [5.41, 5.74) is 3.19. The Labute approximate surface area is 206 Å². The van der Waals surface area contributed by atoms with Gasteiger partial charge in [0.15, 0.2) is 0 Å². The zero-order chi connectivity index (χ0) is 23.3. The van der Waals surface area contributed by atoms with Crippen LogP contribution in [0.3, 0.4) is 0 Å². The highest BCUT2D eigenvalue weighted by molar-refractivity contribution is 6.30. The molecule has 2 saturated heterocycles. The van der Waals surface area contributed by atoms with Crippen LogP contribution in [0.5, 0.6) is 0 Å². The summed E-state index contributed by atoms with van der Waals surface area (Å²) in [5, 5.41) is 5.48. The molecule has 0 unspecified atom stereocenters. The van der Waals surface area contributed by atoms with Gasteiger partial charge in [-0.25, -0.2) is 4.68 Å². The van der Waals surface area contributed by atoms with Gasteiger partial charge in [0.25, 0.3) is 5.91 Å². The fourth-order valence-electron chi connectivity index (χ4n) is 4.84. The van der Waals surface area contributed by atoms with Crippen molar-refractivity contribution in [1.29, 1.82) is 0 Å². The molecule has 6 nitrogen and oxygen atoms in total. The molecule has 0 bridgehead atoms. The van der Waals surface area contributed by atoms with Crippen LogP contribution in [0.25, 0.3) is 16.9 Å². The fourth-order valence-corrected chi connectivity index (χ4v) is 4.96. The van der Waals surface area contributed by atoms with Gasteiger partial charge in [-0.05, 0) is 62.1 Å². The Morgan fingerprint density at radius 3 is 2.38 bits per heavy atom. The first-order valence-corrected chi connectivity index (χ1v) is 12.6. The summed E-state index contributed by atoms with van der Waals surface area (Å²) in [5.74, 6) is 0.721. The number of halogens is 1. The second-order valence-corrected chi connectivity index (χ2v) is 9.58. The van der Waals surface area contributed by atoms with Crippen molar-refractivity contribution in [1.82, 2.24) is 19.6 Å². The number of carbonyl (C=O) groups excluding carboxylic acids is 1. The van der Waals surface area contributed by atoms with E-state index in [1.54, 1.807) is 4.68 Å². The first-order valence-electron chi connectivity index (χ1n) is 12.2. The van der Waals surface area contributed by atoms with Crippen LogP contribution in [0.2, 0.25) is 5.02 Å². The molecule has 0 radical (unpaired) electrons. The molecule has 5 rings (SSSR count). The smallest absolute Gasteiger partial charge is 0.272 e. The number of para-hydroxylation sites is 1. The molecular weight excluding hydrogens is 448 g/mol. The summed E-state index contributed by atoms with van der Waals surface area (Å²) in [6.07, 6.45) is 3.31. The fraction of sp³-hybridized carbons (Fsp3) is 0.407. The van der Waals surface area contributed by atoms with E-state index in [2.05, 4.69) is 4.90 Å². The quantitative estimate of drug-likeness (QED) is 0.512. The molecule has 0 aliphatic carbocycles. The van der Waals surface area contributed by atoms with Crippen LogP contribution < -0.4 is 0 Å². The molecule has 2 aliphatic heterocycles. The van der Waals surface area contributed by atoms with Gasteiger partial charge >= 0.3 is 0 Å². The first kappa shape index (κ1) is 23.1. The molecule has 0 saturated carbocycles. The SMILES string of the molecule is O=C(c1cc(-c2ccc(Cl)cc2)nn1-c1ccccc1)N1CCC(CCN2CCOCC2)CC1. The minimum absolute atomic E-state index is 0.0446. The second-order valence-electron chi connectivity index (χ2n) is 9.15. The van der Waals surface area contributed by atoms with Crippen LogP contribution in [0.4, 0.5) is 0 Å². The third kappa shape index (κ3) is 5.35. The number of carbonyl (C=O) groups is 1. The number of ether oxygens (including phenoxy) is 1. The molecule has 2 aliphatic rings. The zero-order valence-corrected chi connectivity index (χ0v) is 20.2. The Morgan fingerprint density at radius 1 is 0.971 bits per heavy atom. The molecule has 1 amide bonds. The maximum absolute atomic E-state index is 13.6.